The molecule has 6 heteroatoms. The predicted molar refractivity (Wildman–Crippen MR) is 72.0 cm³/mol. The third kappa shape index (κ3) is 2.41. The van der Waals surface area contributed by atoms with Gasteiger partial charge in [0.25, 0.3) is 0 Å². The number of hydrogen-bond donors (Lipinski definition) is 2. The van der Waals surface area contributed by atoms with E-state index in [-0.39, 0.29) is 11.8 Å². The number of benzene rings is 1. The molecule has 0 radical (unpaired) electrons. The Morgan fingerprint density at radius 1 is 1.30 bits per heavy atom. The molecule has 2 heterocycles. The maximum atomic E-state index is 12.1. The van der Waals surface area contributed by atoms with Gasteiger partial charge in [0.15, 0.2) is 11.5 Å². The van der Waals surface area contributed by atoms with Gasteiger partial charge in [-0.1, -0.05) is 0 Å². The molecule has 6 nitrogen and oxygen atoms in total. The molecule has 0 bridgehead atoms. The van der Waals surface area contributed by atoms with Crippen molar-refractivity contribution in [2.24, 2.45) is 0 Å². The first-order chi connectivity index (χ1) is 9.63. The topological polar surface area (TPSA) is 76.7 Å². The van der Waals surface area contributed by atoms with Gasteiger partial charge in [-0.2, -0.15) is 0 Å². The number of nitrogens with one attached hydrogen (secondary N) is 2. The first-order valence-electron chi connectivity index (χ1n) is 6.64. The van der Waals surface area contributed by atoms with E-state index in [9.17, 15) is 9.59 Å². The van der Waals surface area contributed by atoms with Crippen LogP contribution in [0.1, 0.15) is 18.4 Å². The summed E-state index contributed by atoms with van der Waals surface area (Å²) in [5.41, 5.74) is 1.58. The molecule has 1 atom stereocenters. The monoisotopic (exact) mass is 276 g/mol. The van der Waals surface area contributed by atoms with E-state index in [0.717, 1.165) is 5.56 Å². The van der Waals surface area contributed by atoms with Gasteiger partial charge in [-0.05, 0) is 25.0 Å². The molecule has 0 aliphatic carbocycles. The molecule has 0 spiro atoms. The van der Waals surface area contributed by atoms with Crippen molar-refractivity contribution < 1.29 is 19.1 Å². The summed E-state index contributed by atoms with van der Waals surface area (Å²) in [6.07, 6.45) is 0.937. The Bertz CT molecular complexity index is 571. The van der Waals surface area contributed by atoms with Crippen LogP contribution in [0.4, 0.5) is 5.69 Å². The molecule has 0 saturated carbocycles. The number of carbonyl (C=O) groups is 2. The Morgan fingerprint density at radius 2 is 2.00 bits per heavy atom. The van der Waals surface area contributed by atoms with Crippen LogP contribution < -0.4 is 20.1 Å². The average Bonchev–Trinajstić information content (AvgIpc) is 2.86. The highest BCUT2D eigenvalue weighted by atomic mass is 16.6. The second-order valence-corrected chi connectivity index (χ2v) is 4.96. The van der Waals surface area contributed by atoms with Crippen LogP contribution in [0.3, 0.4) is 0 Å². The van der Waals surface area contributed by atoms with Gasteiger partial charge < -0.3 is 20.1 Å². The first-order valence-corrected chi connectivity index (χ1v) is 6.64. The van der Waals surface area contributed by atoms with E-state index in [1.165, 1.54) is 0 Å². The van der Waals surface area contributed by atoms with Crippen molar-refractivity contribution in [1.82, 2.24) is 5.32 Å². The molecule has 106 valence electrons. The van der Waals surface area contributed by atoms with Crippen molar-refractivity contribution in [3.8, 4) is 11.5 Å². The van der Waals surface area contributed by atoms with Gasteiger partial charge in [0.1, 0.15) is 19.3 Å². The van der Waals surface area contributed by atoms with Gasteiger partial charge in [0.2, 0.25) is 11.8 Å². The molecule has 3 rings (SSSR count). The van der Waals surface area contributed by atoms with E-state index in [4.69, 9.17) is 9.47 Å². The zero-order valence-electron chi connectivity index (χ0n) is 11.2. The van der Waals surface area contributed by atoms with Crippen molar-refractivity contribution in [3.05, 3.63) is 17.7 Å². The summed E-state index contributed by atoms with van der Waals surface area (Å²) < 4.78 is 11.0. The normalized spacial score (nSPS) is 20.4. The minimum Gasteiger partial charge on any atom is -0.486 e. The largest absolute Gasteiger partial charge is 0.486 e. The molecular weight excluding hydrogens is 260 g/mol. The Morgan fingerprint density at radius 3 is 2.65 bits per heavy atom. The Balaban J connectivity index is 1.77. The molecule has 1 unspecified atom stereocenters. The molecule has 0 aromatic heterocycles. The van der Waals surface area contributed by atoms with E-state index in [2.05, 4.69) is 10.6 Å². The molecule has 20 heavy (non-hydrogen) atoms. The van der Waals surface area contributed by atoms with Gasteiger partial charge in [-0.25, -0.2) is 0 Å². The lowest BCUT2D eigenvalue weighted by molar-refractivity contribution is -0.122. The number of ether oxygens (including phenoxy) is 2. The van der Waals surface area contributed by atoms with Crippen molar-refractivity contribution in [1.29, 1.82) is 0 Å². The molecule has 1 aromatic rings. The fourth-order valence-electron chi connectivity index (χ4n) is 2.36. The summed E-state index contributed by atoms with van der Waals surface area (Å²) in [6, 6.07) is 3.16. The highest BCUT2D eigenvalue weighted by Crippen LogP contribution is 2.35. The third-order valence-corrected chi connectivity index (χ3v) is 3.46. The first kappa shape index (κ1) is 12.8. The van der Waals surface area contributed by atoms with Crippen LogP contribution in [0.2, 0.25) is 0 Å². The van der Waals surface area contributed by atoms with E-state index >= 15 is 0 Å². The van der Waals surface area contributed by atoms with Gasteiger partial charge in [-0.3, -0.25) is 9.59 Å². The molecule has 2 amide bonds. The van der Waals surface area contributed by atoms with E-state index in [0.29, 0.717) is 43.2 Å². The summed E-state index contributed by atoms with van der Waals surface area (Å²) >= 11 is 0. The zero-order valence-corrected chi connectivity index (χ0v) is 11.2. The maximum Gasteiger partial charge on any atom is 0.246 e. The van der Waals surface area contributed by atoms with Crippen molar-refractivity contribution in [2.75, 3.05) is 18.5 Å². The number of amides is 2. The third-order valence-electron chi connectivity index (χ3n) is 3.46. The predicted octanol–water partition coefficient (Wildman–Crippen LogP) is 0.983. The quantitative estimate of drug-likeness (QED) is 0.844. The molecule has 2 N–H and O–H groups in total. The van der Waals surface area contributed by atoms with Crippen molar-refractivity contribution >= 4 is 17.5 Å². The van der Waals surface area contributed by atoms with Crippen LogP contribution in [-0.2, 0) is 9.59 Å². The second-order valence-electron chi connectivity index (χ2n) is 4.96. The van der Waals surface area contributed by atoms with E-state index in [1.54, 1.807) is 6.07 Å². The Kier molecular flexibility index (Phi) is 3.22. The lowest BCUT2D eigenvalue weighted by atomic mass is 10.1. The fourth-order valence-corrected chi connectivity index (χ4v) is 2.36. The molecule has 2 aliphatic heterocycles. The van der Waals surface area contributed by atoms with E-state index < -0.39 is 6.04 Å². The van der Waals surface area contributed by atoms with Crippen LogP contribution in [0.5, 0.6) is 11.5 Å². The number of anilines is 1. The summed E-state index contributed by atoms with van der Waals surface area (Å²) in [6.45, 7) is 2.93. The van der Waals surface area contributed by atoms with Gasteiger partial charge in [0, 0.05) is 18.2 Å². The van der Waals surface area contributed by atoms with Gasteiger partial charge >= 0.3 is 0 Å². The highest BCUT2D eigenvalue weighted by Gasteiger charge is 2.27. The number of carbonyl (C=O) groups excluding carboxylic acids is 2. The molecular formula is C14H16N2O4. The van der Waals surface area contributed by atoms with Gasteiger partial charge in [-0.15, -0.1) is 0 Å². The van der Waals surface area contributed by atoms with Crippen LogP contribution >= 0.6 is 0 Å². The second kappa shape index (κ2) is 5.03. The maximum absolute atomic E-state index is 12.1. The number of hydrogen-bond acceptors (Lipinski definition) is 4. The standard InChI is InChI=1S/C14H16N2O4/c1-8-6-11-12(20-5-4-19-11)7-10(8)16-14(18)9-2-3-13(17)15-9/h6-7,9H,2-5H2,1H3,(H,15,17)(H,16,18). The number of aryl methyl sites for hydroxylation is 1. The average molecular weight is 276 g/mol. The SMILES string of the molecule is Cc1cc2c(cc1NC(=O)C1CCC(=O)N1)OCCO2. The molecule has 2 aliphatic rings. The Hall–Kier alpha value is -2.24. The fraction of sp³-hybridized carbons (Fsp3) is 0.429. The van der Waals surface area contributed by atoms with Crippen molar-refractivity contribution in [2.45, 2.75) is 25.8 Å². The number of fused-ring (bicyclic) bond motifs is 1. The lowest BCUT2D eigenvalue weighted by Crippen LogP contribution is -2.37. The molecule has 1 fully saturated rings. The van der Waals surface area contributed by atoms with Gasteiger partial charge in [0.05, 0.1) is 0 Å². The smallest absolute Gasteiger partial charge is 0.246 e. The van der Waals surface area contributed by atoms with Crippen LogP contribution in [0.15, 0.2) is 12.1 Å². The van der Waals surface area contributed by atoms with Crippen LogP contribution in [0.25, 0.3) is 0 Å². The minimum absolute atomic E-state index is 0.0796. The zero-order chi connectivity index (χ0) is 14.1. The Labute approximate surface area is 116 Å². The van der Waals surface area contributed by atoms with E-state index in [1.807, 2.05) is 13.0 Å². The summed E-state index contributed by atoms with van der Waals surface area (Å²) in [5, 5.41) is 5.48. The number of rotatable bonds is 2. The molecule has 1 aromatic carbocycles. The molecule has 1 saturated heterocycles. The van der Waals surface area contributed by atoms with Crippen LogP contribution in [-0.4, -0.2) is 31.1 Å². The summed E-state index contributed by atoms with van der Waals surface area (Å²) in [4.78, 5) is 23.2. The summed E-state index contributed by atoms with van der Waals surface area (Å²) in [5.74, 6) is 1.05. The highest BCUT2D eigenvalue weighted by molar-refractivity contribution is 5.99. The van der Waals surface area contributed by atoms with Crippen molar-refractivity contribution in [3.63, 3.8) is 0 Å². The van der Waals surface area contributed by atoms with Crippen LogP contribution in [0, 0.1) is 6.92 Å². The lowest BCUT2D eigenvalue weighted by Gasteiger charge is -2.21. The minimum atomic E-state index is -0.449. The summed E-state index contributed by atoms with van der Waals surface area (Å²) in [7, 11) is 0.